The predicted octanol–water partition coefficient (Wildman–Crippen LogP) is 2.69. The van der Waals surface area contributed by atoms with Crippen LogP contribution >= 0.6 is 11.6 Å². The number of rotatable bonds is 7. The highest BCUT2D eigenvalue weighted by Gasteiger charge is 2.26. The van der Waals surface area contributed by atoms with Gasteiger partial charge in [-0.3, -0.25) is 9.47 Å². The second-order valence-electron chi connectivity index (χ2n) is 6.76. The van der Waals surface area contributed by atoms with E-state index in [0.717, 1.165) is 69.1 Å². The van der Waals surface area contributed by atoms with Gasteiger partial charge in [-0.25, -0.2) is 14.9 Å². The Morgan fingerprint density at radius 3 is 2.96 bits per heavy atom. The highest BCUT2D eigenvalue weighted by molar-refractivity contribution is 6.30. The summed E-state index contributed by atoms with van der Waals surface area (Å²) in [5.41, 5.74) is 0.870. The van der Waals surface area contributed by atoms with Crippen molar-refractivity contribution in [2.45, 2.75) is 65.0 Å². The summed E-state index contributed by atoms with van der Waals surface area (Å²) < 4.78 is 1.74. The third-order valence-corrected chi connectivity index (χ3v) is 5.21. The lowest BCUT2D eigenvalue weighted by Crippen LogP contribution is -2.35. The molecule has 1 atom stereocenters. The SMILES string of the molecule is CCCCc1nc(Cl)c(CN2CCC[C@H](c3n[nH]c(=O)n3CC)C2)[nH]1. The molecule has 1 fully saturated rings. The van der Waals surface area contributed by atoms with Crippen LogP contribution in [0.4, 0.5) is 0 Å². The summed E-state index contributed by atoms with van der Waals surface area (Å²) in [6, 6.07) is 0. The minimum atomic E-state index is -0.119. The average molecular weight is 367 g/mol. The van der Waals surface area contributed by atoms with E-state index in [1.807, 2.05) is 6.92 Å². The molecule has 0 aromatic carbocycles. The van der Waals surface area contributed by atoms with Gasteiger partial charge >= 0.3 is 5.69 Å². The first-order chi connectivity index (χ1) is 12.1. The highest BCUT2D eigenvalue weighted by atomic mass is 35.5. The van der Waals surface area contributed by atoms with Crippen LogP contribution in [0.2, 0.25) is 5.15 Å². The van der Waals surface area contributed by atoms with Crippen LogP contribution in [0.1, 0.15) is 62.8 Å². The third kappa shape index (κ3) is 4.15. The van der Waals surface area contributed by atoms with E-state index < -0.39 is 0 Å². The molecule has 25 heavy (non-hydrogen) atoms. The van der Waals surface area contributed by atoms with Crippen molar-refractivity contribution in [1.29, 1.82) is 0 Å². The van der Waals surface area contributed by atoms with E-state index >= 15 is 0 Å². The number of halogens is 1. The fraction of sp³-hybridized carbons (Fsp3) is 0.706. The number of imidazole rings is 1. The minimum Gasteiger partial charge on any atom is -0.344 e. The molecule has 1 saturated heterocycles. The van der Waals surface area contributed by atoms with Gasteiger partial charge in [0.15, 0.2) is 5.15 Å². The number of hydrogen-bond acceptors (Lipinski definition) is 4. The largest absolute Gasteiger partial charge is 0.344 e. The summed E-state index contributed by atoms with van der Waals surface area (Å²) in [6.07, 6.45) is 5.34. The number of nitrogens with one attached hydrogen (secondary N) is 2. The molecule has 8 heteroatoms. The van der Waals surface area contributed by atoms with Crippen molar-refractivity contribution in [3.63, 3.8) is 0 Å². The first kappa shape index (κ1) is 18.2. The van der Waals surface area contributed by atoms with Gasteiger partial charge in [0.1, 0.15) is 11.6 Å². The molecule has 1 aliphatic heterocycles. The zero-order valence-corrected chi connectivity index (χ0v) is 15.8. The Morgan fingerprint density at radius 2 is 2.20 bits per heavy atom. The van der Waals surface area contributed by atoms with Crippen LogP contribution in [-0.2, 0) is 19.5 Å². The fourth-order valence-electron chi connectivity index (χ4n) is 3.59. The molecule has 2 N–H and O–H groups in total. The molecule has 3 rings (SSSR count). The standard InChI is InChI=1S/C17H27ClN6O/c1-3-5-8-14-19-13(15(18)20-14)11-23-9-6-7-12(10-23)16-21-22-17(25)24(16)4-2/h12H,3-11H2,1-2H3,(H,19,20)(H,22,25)/t12-/m0/s1. The zero-order valence-electron chi connectivity index (χ0n) is 15.0. The number of nitrogens with zero attached hydrogens (tertiary/aromatic N) is 4. The molecular weight excluding hydrogens is 340 g/mol. The topological polar surface area (TPSA) is 82.6 Å². The van der Waals surface area contributed by atoms with Crippen LogP contribution < -0.4 is 5.69 Å². The first-order valence-corrected chi connectivity index (χ1v) is 9.60. The lowest BCUT2D eigenvalue weighted by molar-refractivity contribution is 0.192. The molecule has 0 aliphatic carbocycles. The molecule has 0 saturated carbocycles. The van der Waals surface area contributed by atoms with Crippen molar-refractivity contribution >= 4 is 11.6 Å². The number of aryl methyl sites for hydroxylation is 1. The van der Waals surface area contributed by atoms with Crippen LogP contribution in [0, 0.1) is 0 Å². The van der Waals surface area contributed by atoms with Gasteiger partial charge in [0.25, 0.3) is 0 Å². The van der Waals surface area contributed by atoms with Crippen molar-refractivity contribution < 1.29 is 0 Å². The molecule has 138 valence electrons. The molecule has 0 spiro atoms. The van der Waals surface area contributed by atoms with Crippen LogP contribution in [0.25, 0.3) is 0 Å². The fourth-order valence-corrected chi connectivity index (χ4v) is 3.80. The number of H-pyrrole nitrogens is 2. The van der Waals surface area contributed by atoms with E-state index in [9.17, 15) is 4.79 Å². The van der Waals surface area contributed by atoms with Gasteiger partial charge in [-0.1, -0.05) is 24.9 Å². The van der Waals surface area contributed by atoms with E-state index in [4.69, 9.17) is 11.6 Å². The van der Waals surface area contributed by atoms with Gasteiger partial charge in [0.2, 0.25) is 0 Å². The maximum absolute atomic E-state index is 11.8. The van der Waals surface area contributed by atoms with E-state index in [2.05, 4.69) is 32.0 Å². The number of hydrogen-bond donors (Lipinski definition) is 2. The quantitative estimate of drug-likeness (QED) is 0.789. The van der Waals surface area contributed by atoms with Crippen LogP contribution in [0.5, 0.6) is 0 Å². The number of piperidine rings is 1. The molecule has 1 aliphatic rings. The summed E-state index contributed by atoms with van der Waals surface area (Å²) in [5, 5.41) is 7.43. The number of aromatic nitrogens is 5. The highest BCUT2D eigenvalue weighted by Crippen LogP contribution is 2.27. The van der Waals surface area contributed by atoms with Gasteiger partial charge in [-0.05, 0) is 32.7 Å². The van der Waals surface area contributed by atoms with E-state index in [0.29, 0.717) is 11.7 Å². The van der Waals surface area contributed by atoms with Crippen molar-refractivity contribution in [3.05, 3.63) is 33.0 Å². The molecule has 0 radical (unpaired) electrons. The molecule has 0 unspecified atom stereocenters. The van der Waals surface area contributed by atoms with Crippen LogP contribution in [0.3, 0.4) is 0 Å². The molecule has 2 aromatic heterocycles. The monoisotopic (exact) mass is 366 g/mol. The minimum absolute atomic E-state index is 0.119. The van der Waals surface area contributed by atoms with Crippen molar-refractivity contribution in [2.24, 2.45) is 0 Å². The van der Waals surface area contributed by atoms with Crippen molar-refractivity contribution in [3.8, 4) is 0 Å². The number of unbranched alkanes of at least 4 members (excludes halogenated alkanes) is 1. The molecule has 7 nitrogen and oxygen atoms in total. The number of aromatic amines is 2. The number of likely N-dealkylation sites (tertiary alicyclic amines) is 1. The second-order valence-corrected chi connectivity index (χ2v) is 7.12. The molecule has 3 heterocycles. The van der Waals surface area contributed by atoms with Crippen molar-refractivity contribution in [2.75, 3.05) is 13.1 Å². The van der Waals surface area contributed by atoms with Gasteiger partial charge < -0.3 is 4.98 Å². The Hall–Kier alpha value is -1.60. The molecule has 0 amide bonds. The van der Waals surface area contributed by atoms with Crippen molar-refractivity contribution in [1.82, 2.24) is 29.6 Å². The normalized spacial score (nSPS) is 18.8. The Kier molecular flexibility index (Phi) is 5.96. The Balaban J connectivity index is 1.67. The molecule has 2 aromatic rings. The molecular formula is C17H27ClN6O. The Labute approximate surface area is 152 Å². The van der Waals surface area contributed by atoms with E-state index in [-0.39, 0.29) is 11.6 Å². The lowest BCUT2D eigenvalue weighted by Gasteiger charge is -2.31. The third-order valence-electron chi connectivity index (χ3n) is 4.90. The lowest BCUT2D eigenvalue weighted by atomic mass is 9.97. The average Bonchev–Trinajstić information content (AvgIpc) is 3.15. The summed E-state index contributed by atoms with van der Waals surface area (Å²) in [7, 11) is 0. The first-order valence-electron chi connectivity index (χ1n) is 9.23. The van der Waals surface area contributed by atoms with Crippen LogP contribution in [-0.4, -0.2) is 42.7 Å². The van der Waals surface area contributed by atoms with Gasteiger partial charge in [0, 0.05) is 32.0 Å². The van der Waals surface area contributed by atoms with E-state index in [1.165, 1.54) is 0 Å². The molecule has 0 bridgehead atoms. The summed E-state index contributed by atoms with van der Waals surface area (Å²) >= 11 is 6.32. The Morgan fingerprint density at radius 1 is 1.36 bits per heavy atom. The maximum atomic E-state index is 11.8. The smallest absolute Gasteiger partial charge is 0.343 e. The summed E-state index contributed by atoms with van der Waals surface area (Å²) in [4.78, 5) is 22.0. The Bertz CT molecular complexity index is 749. The van der Waals surface area contributed by atoms with Gasteiger partial charge in [-0.15, -0.1) is 0 Å². The summed E-state index contributed by atoms with van der Waals surface area (Å²) in [5.74, 6) is 2.12. The predicted molar refractivity (Wildman–Crippen MR) is 98.0 cm³/mol. The van der Waals surface area contributed by atoms with E-state index in [1.54, 1.807) is 4.57 Å². The summed E-state index contributed by atoms with van der Waals surface area (Å²) in [6.45, 7) is 7.46. The maximum Gasteiger partial charge on any atom is 0.343 e. The van der Waals surface area contributed by atoms with Gasteiger partial charge in [-0.2, -0.15) is 5.10 Å². The second kappa shape index (κ2) is 8.19. The van der Waals surface area contributed by atoms with Crippen LogP contribution in [0.15, 0.2) is 4.79 Å². The van der Waals surface area contributed by atoms with Gasteiger partial charge in [0.05, 0.1) is 5.69 Å². The zero-order chi connectivity index (χ0) is 17.8.